The van der Waals surface area contributed by atoms with E-state index in [0.29, 0.717) is 0 Å². The second kappa shape index (κ2) is 3.80. The predicted molar refractivity (Wildman–Crippen MR) is 54.4 cm³/mol. The van der Waals surface area contributed by atoms with Crippen LogP contribution in [0.1, 0.15) is 0 Å². The van der Waals surface area contributed by atoms with Crippen molar-refractivity contribution < 1.29 is 12.9 Å². The predicted octanol–water partition coefficient (Wildman–Crippen LogP) is 1.59. The lowest BCUT2D eigenvalue weighted by Crippen LogP contribution is -2.10. The SMILES string of the molecule is O=S(=O)(Nc1cnoc1)c1cnc(Cl)s1. The molecule has 0 aliphatic rings. The van der Waals surface area contributed by atoms with E-state index in [1.807, 2.05) is 0 Å². The number of rotatable bonds is 3. The number of hydrogen-bond acceptors (Lipinski definition) is 6. The fourth-order valence-electron chi connectivity index (χ4n) is 0.824. The van der Waals surface area contributed by atoms with Crippen LogP contribution in [0, 0.1) is 0 Å². The smallest absolute Gasteiger partial charge is 0.273 e. The van der Waals surface area contributed by atoms with E-state index in [2.05, 4.69) is 19.4 Å². The Morgan fingerprint density at radius 1 is 1.47 bits per heavy atom. The molecule has 2 aromatic rings. The third-order valence-corrected chi connectivity index (χ3v) is 4.36. The molecule has 1 N–H and O–H groups in total. The molecule has 0 atom stereocenters. The second-order valence-corrected chi connectivity index (χ2v) is 5.97. The molecule has 0 unspecified atom stereocenters. The molecule has 0 saturated heterocycles. The van der Waals surface area contributed by atoms with Gasteiger partial charge in [0.25, 0.3) is 10.0 Å². The molecule has 0 amide bonds. The van der Waals surface area contributed by atoms with Crippen LogP contribution in [0.4, 0.5) is 5.69 Å². The van der Waals surface area contributed by atoms with E-state index >= 15 is 0 Å². The first kappa shape index (κ1) is 10.4. The molecular weight excluding hydrogens is 262 g/mol. The maximum atomic E-state index is 11.6. The summed E-state index contributed by atoms with van der Waals surface area (Å²) >= 11 is 6.40. The number of aromatic nitrogens is 2. The molecule has 0 spiro atoms. The molecule has 80 valence electrons. The summed E-state index contributed by atoms with van der Waals surface area (Å²) in [4.78, 5) is 3.64. The fraction of sp³-hybridized carbons (Fsp3) is 0. The van der Waals surface area contributed by atoms with Crippen molar-refractivity contribution in [1.82, 2.24) is 10.1 Å². The van der Waals surface area contributed by atoms with Crippen molar-refractivity contribution >= 4 is 38.6 Å². The Morgan fingerprint density at radius 3 is 2.80 bits per heavy atom. The van der Waals surface area contributed by atoms with Crippen LogP contribution in [0.15, 0.2) is 27.4 Å². The van der Waals surface area contributed by atoms with Gasteiger partial charge in [-0.3, -0.25) is 4.72 Å². The molecule has 0 bridgehead atoms. The van der Waals surface area contributed by atoms with Gasteiger partial charge in [0.2, 0.25) is 0 Å². The topological polar surface area (TPSA) is 85.1 Å². The zero-order valence-electron chi connectivity index (χ0n) is 7.05. The molecule has 0 radical (unpaired) electrons. The Balaban J connectivity index is 2.28. The molecular formula is C6H4ClN3O3S2. The molecule has 9 heteroatoms. The Bertz CT molecular complexity index is 548. The summed E-state index contributed by atoms with van der Waals surface area (Å²) in [7, 11) is -3.64. The number of halogens is 1. The van der Waals surface area contributed by atoms with Crippen LogP contribution in [0.2, 0.25) is 4.47 Å². The number of nitrogens with zero attached hydrogens (tertiary/aromatic N) is 2. The van der Waals surface area contributed by atoms with Crippen molar-refractivity contribution in [1.29, 1.82) is 0 Å². The lowest BCUT2D eigenvalue weighted by atomic mass is 10.6. The summed E-state index contributed by atoms with van der Waals surface area (Å²) in [6.07, 6.45) is 3.61. The highest BCUT2D eigenvalue weighted by Crippen LogP contribution is 2.24. The minimum absolute atomic E-state index is 0.0358. The summed E-state index contributed by atoms with van der Waals surface area (Å²) in [5, 5.41) is 3.36. The Hall–Kier alpha value is -1.12. The van der Waals surface area contributed by atoms with Crippen LogP contribution >= 0.6 is 22.9 Å². The lowest BCUT2D eigenvalue weighted by Gasteiger charge is -2.00. The van der Waals surface area contributed by atoms with Crippen LogP contribution in [-0.2, 0) is 10.0 Å². The van der Waals surface area contributed by atoms with Crippen LogP contribution in [0.25, 0.3) is 0 Å². The van der Waals surface area contributed by atoms with Gasteiger partial charge in [0.05, 0.1) is 12.4 Å². The van der Waals surface area contributed by atoms with Gasteiger partial charge in [0.1, 0.15) is 12.0 Å². The Kier molecular flexibility index (Phi) is 2.63. The first-order valence-electron chi connectivity index (χ1n) is 3.61. The van der Waals surface area contributed by atoms with Crippen molar-refractivity contribution in [2.24, 2.45) is 0 Å². The van der Waals surface area contributed by atoms with Gasteiger partial charge in [0, 0.05) is 0 Å². The van der Waals surface area contributed by atoms with Crippen LogP contribution in [-0.4, -0.2) is 18.6 Å². The third-order valence-electron chi connectivity index (χ3n) is 1.41. The molecule has 0 aliphatic heterocycles. The van der Waals surface area contributed by atoms with Gasteiger partial charge in [-0.05, 0) is 0 Å². The summed E-state index contributed by atoms with van der Waals surface area (Å²) in [6, 6.07) is 0. The minimum Gasteiger partial charge on any atom is -0.362 e. The lowest BCUT2D eigenvalue weighted by molar-refractivity contribution is 0.420. The van der Waals surface area contributed by atoms with Crippen molar-refractivity contribution in [2.75, 3.05) is 4.72 Å². The van der Waals surface area contributed by atoms with E-state index < -0.39 is 10.0 Å². The standard InChI is InChI=1S/C6H4ClN3O3S2/c7-6-8-2-5(14-6)15(11,12)10-4-1-9-13-3-4/h1-3,10H. The second-order valence-electron chi connectivity index (χ2n) is 2.45. The van der Waals surface area contributed by atoms with E-state index in [1.54, 1.807) is 0 Å². The summed E-state index contributed by atoms with van der Waals surface area (Å²) in [5.74, 6) is 0. The van der Waals surface area contributed by atoms with Crippen LogP contribution in [0.5, 0.6) is 0 Å². The zero-order chi connectivity index (χ0) is 10.9. The van der Waals surface area contributed by atoms with E-state index in [9.17, 15) is 8.42 Å². The normalized spacial score (nSPS) is 11.5. The molecule has 15 heavy (non-hydrogen) atoms. The van der Waals surface area contributed by atoms with Crippen molar-refractivity contribution in [3.63, 3.8) is 0 Å². The number of nitrogens with one attached hydrogen (secondary N) is 1. The minimum atomic E-state index is -3.64. The zero-order valence-corrected chi connectivity index (χ0v) is 9.43. The first-order chi connectivity index (χ1) is 7.08. The Labute approximate surface area is 93.9 Å². The summed E-state index contributed by atoms with van der Waals surface area (Å²) < 4.78 is 30.2. The van der Waals surface area contributed by atoms with Crippen LogP contribution < -0.4 is 4.72 Å². The van der Waals surface area contributed by atoms with Gasteiger partial charge in [-0.25, -0.2) is 13.4 Å². The van der Waals surface area contributed by atoms with Crippen molar-refractivity contribution in [2.45, 2.75) is 4.21 Å². The average molecular weight is 266 g/mol. The molecule has 0 aromatic carbocycles. The Morgan fingerprint density at radius 2 is 2.27 bits per heavy atom. The van der Waals surface area contributed by atoms with Gasteiger partial charge in [-0.2, -0.15) is 0 Å². The molecule has 2 aromatic heterocycles. The molecule has 6 nitrogen and oxygen atoms in total. The first-order valence-corrected chi connectivity index (χ1v) is 6.29. The highest BCUT2D eigenvalue weighted by molar-refractivity contribution is 7.94. The number of sulfonamides is 1. The highest BCUT2D eigenvalue weighted by Gasteiger charge is 2.18. The van der Waals surface area contributed by atoms with Crippen molar-refractivity contribution in [3.05, 3.63) is 23.1 Å². The molecule has 0 saturated carbocycles. The van der Waals surface area contributed by atoms with Gasteiger partial charge >= 0.3 is 0 Å². The maximum absolute atomic E-state index is 11.6. The molecule has 0 aliphatic carbocycles. The van der Waals surface area contributed by atoms with E-state index in [-0.39, 0.29) is 14.4 Å². The van der Waals surface area contributed by atoms with Gasteiger partial charge in [-0.15, -0.1) is 0 Å². The number of hydrogen-bond donors (Lipinski definition) is 1. The van der Waals surface area contributed by atoms with E-state index in [0.717, 1.165) is 11.3 Å². The average Bonchev–Trinajstić information content (AvgIpc) is 2.75. The van der Waals surface area contributed by atoms with Gasteiger partial charge in [0.15, 0.2) is 8.68 Å². The maximum Gasteiger partial charge on any atom is 0.273 e. The quantitative estimate of drug-likeness (QED) is 0.911. The third kappa shape index (κ3) is 2.28. The molecule has 0 fully saturated rings. The number of thiazole rings is 1. The van der Waals surface area contributed by atoms with Gasteiger partial charge in [-0.1, -0.05) is 28.1 Å². The largest absolute Gasteiger partial charge is 0.362 e. The highest BCUT2D eigenvalue weighted by atomic mass is 35.5. The van der Waals surface area contributed by atoms with Crippen molar-refractivity contribution in [3.8, 4) is 0 Å². The summed E-state index contributed by atoms with van der Waals surface area (Å²) in [6.45, 7) is 0. The summed E-state index contributed by atoms with van der Waals surface area (Å²) in [5.41, 5.74) is 0.250. The van der Waals surface area contributed by atoms with E-state index in [4.69, 9.17) is 11.6 Å². The number of anilines is 1. The monoisotopic (exact) mass is 265 g/mol. The van der Waals surface area contributed by atoms with Gasteiger partial charge < -0.3 is 4.52 Å². The van der Waals surface area contributed by atoms with E-state index in [1.165, 1.54) is 18.7 Å². The van der Waals surface area contributed by atoms with Crippen LogP contribution in [0.3, 0.4) is 0 Å². The molecule has 2 rings (SSSR count). The molecule has 2 heterocycles. The fourth-order valence-corrected chi connectivity index (χ4v) is 3.14.